The molecule has 1 unspecified atom stereocenters. The zero-order chi connectivity index (χ0) is 18.3. The minimum absolute atomic E-state index is 0.0150. The molecule has 0 aliphatic heterocycles. The molecular weight excluding hydrogens is 306 g/mol. The second-order valence-electron chi connectivity index (χ2n) is 6.99. The lowest BCUT2D eigenvalue weighted by Crippen LogP contribution is -2.43. The van der Waals surface area contributed by atoms with Crippen molar-refractivity contribution in [3.05, 3.63) is 29.8 Å². The normalized spacial score (nSPS) is 12.6. The highest BCUT2D eigenvalue weighted by molar-refractivity contribution is 5.87. The van der Waals surface area contributed by atoms with Gasteiger partial charge in [-0.05, 0) is 31.8 Å². The summed E-state index contributed by atoms with van der Waals surface area (Å²) in [5.74, 6) is 0.454. The number of benzene rings is 1. The third-order valence-electron chi connectivity index (χ3n) is 3.71. The molecule has 1 aromatic rings. The van der Waals surface area contributed by atoms with Crippen molar-refractivity contribution in [2.75, 3.05) is 34.3 Å². The van der Waals surface area contributed by atoms with Gasteiger partial charge in [-0.15, -0.1) is 0 Å². The predicted molar refractivity (Wildman–Crippen MR) is 94.9 cm³/mol. The third-order valence-corrected chi connectivity index (χ3v) is 3.71. The first-order valence-corrected chi connectivity index (χ1v) is 8.00. The highest BCUT2D eigenvalue weighted by Gasteiger charge is 2.21. The minimum atomic E-state index is -0.504. The first-order valence-electron chi connectivity index (χ1n) is 8.00. The summed E-state index contributed by atoms with van der Waals surface area (Å²) in [4.78, 5) is 25.8. The van der Waals surface area contributed by atoms with Crippen LogP contribution in [-0.4, -0.2) is 51.0 Å². The van der Waals surface area contributed by atoms with E-state index in [1.165, 1.54) is 0 Å². The van der Waals surface area contributed by atoms with E-state index in [9.17, 15) is 9.59 Å². The number of hydrogen-bond donors (Lipinski definition) is 2. The Kier molecular flexibility index (Phi) is 7.22. The molecule has 0 aliphatic rings. The van der Waals surface area contributed by atoms with Crippen LogP contribution in [0.25, 0.3) is 0 Å². The largest absolute Gasteiger partial charge is 0.497 e. The van der Waals surface area contributed by atoms with Gasteiger partial charge in [0.25, 0.3) is 0 Å². The van der Waals surface area contributed by atoms with Crippen molar-refractivity contribution in [1.29, 1.82) is 0 Å². The number of hydrogen-bond acceptors (Lipinski definition) is 4. The van der Waals surface area contributed by atoms with E-state index < -0.39 is 5.41 Å². The molecule has 0 saturated carbocycles. The molecule has 0 spiro atoms. The van der Waals surface area contributed by atoms with Gasteiger partial charge in [0, 0.05) is 12.0 Å². The van der Waals surface area contributed by atoms with E-state index in [1.54, 1.807) is 7.11 Å². The van der Waals surface area contributed by atoms with Crippen LogP contribution in [0.15, 0.2) is 24.3 Å². The summed E-state index contributed by atoms with van der Waals surface area (Å²) in [7, 11) is 5.55. The summed E-state index contributed by atoms with van der Waals surface area (Å²) < 4.78 is 5.17. The molecule has 0 fully saturated rings. The third kappa shape index (κ3) is 6.20. The monoisotopic (exact) mass is 335 g/mol. The summed E-state index contributed by atoms with van der Waals surface area (Å²) >= 11 is 0. The molecule has 2 N–H and O–H groups in total. The molecule has 0 radical (unpaired) electrons. The van der Waals surface area contributed by atoms with Crippen LogP contribution >= 0.6 is 0 Å². The van der Waals surface area contributed by atoms with Gasteiger partial charge in [0.05, 0.1) is 19.7 Å². The lowest BCUT2D eigenvalue weighted by atomic mass is 9.96. The van der Waals surface area contributed by atoms with E-state index in [-0.39, 0.29) is 24.4 Å². The van der Waals surface area contributed by atoms with Crippen molar-refractivity contribution in [3.63, 3.8) is 0 Å². The first-order chi connectivity index (χ1) is 11.1. The second kappa shape index (κ2) is 8.68. The van der Waals surface area contributed by atoms with Crippen LogP contribution in [0.1, 0.15) is 32.4 Å². The highest BCUT2D eigenvalue weighted by atomic mass is 16.5. The van der Waals surface area contributed by atoms with E-state index in [2.05, 4.69) is 10.6 Å². The average molecular weight is 335 g/mol. The Morgan fingerprint density at radius 2 is 1.71 bits per heavy atom. The number of likely N-dealkylation sites (N-methyl/N-ethyl adjacent to an activating group) is 1. The quantitative estimate of drug-likeness (QED) is 0.794. The molecule has 24 heavy (non-hydrogen) atoms. The zero-order valence-corrected chi connectivity index (χ0v) is 15.5. The van der Waals surface area contributed by atoms with E-state index in [4.69, 9.17) is 4.74 Å². The van der Waals surface area contributed by atoms with Crippen molar-refractivity contribution in [1.82, 2.24) is 15.5 Å². The van der Waals surface area contributed by atoms with Crippen molar-refractivity contribution in [2.45, 2.75) is 26.8 Å². The summed E-state index contributed by atoms with van der Waals surface area (Å²) in [5.41, 5.74) is 0.579. The summed E-state index contributed by atoms with van der Waals surface area (Å²) in [6, 6.07) is 7.81. The van der Waals surface area contributed by atoms with E-state index >= 15 is 0 Å². The SMILES string of the molecule is COc1ccc(C(CNC(=O)CNC(=O)C(C)(C)C)N(C)C)cc1. The van der Waals surface area contributed by atoms with E-state index in [0.29, 0.717) is 6.54 Å². The van der Waals surface area contributed by atoms with Gasteiger partial charge < -0.3 is 20.3 Å². The molecule has 0 bridgehead atoms. The van der Waals surface area contributed by atoms with Crippen LogP contribution in [0.3, 0.4) is 0 Å². The Hall–Kier alpha value is -2.08. The molecule has 1 atom stereocenters. The molecule has 0 aliphatic carbocycles. The molecule has 0 saturated heterocycles. The predicted octanol–water partition coefficient (Wildman–Crippen LogP) is 1.58. The average Bonchev–Trinajstić information content (AvgIpc) is 2.52. The van der Waals surface area contributed by atoms with Gasteiger partial charge in [0.1, 0.15) is 5.75 Å². The molecule has 6 nitrogen and oxygen atoms in total. The fourth-order valence-electron chi connectivity index (χ4n) is 2.12. The zero-order valence-electron chi connectivity index (χ0n) is 15.5. The van der Waals surface area contributed by atoms with Crippen LogP contribution in [0.2, 0.25) is 0 Å². The number of nitrogens with zero attached hydrogens (tertiary/aromatic N) is 1. The Labute approximate surface area is 144 Å². The van der Waals surface area contributed by atoms with Crippen LogP contribution in [-0.2, 0) is 9.59 Å². The van der Waals surface area contributed by atoms with E-state index in [1.807, 2.05) is 64.0 Å². The number of rotatable bonds is 7. The standard InChI is InChI=1S/C18H29N3O3/c1-18(2,3)17(23)20-12-16(22)19-11-15(21(4)5)13-7-9-14(24-6)10-8-13/h7-10,15H,11-12H2,1-6H3,(H,19,22)(H,20,23). The summed E-state index contributed by atoms with van der Waals surface area (Å²) in [5, 5.41) is 5.52. The lowest BCUT2D eigenvalue weighted by molar-refractivity contribution is -0.131. The lowest BCUT2D eigenvalue weighted by Gasteiger charge is -2.25. The molecule has 1 rings (SSSR count). The number of methoxy groups -OCH3 is 1. The fraction of sp³-hybridized carbons (Fsp3) is 0.556. The van der Waals surface area contributed by atoms with Crippen LogP contribution in [0, 0.1) is 5.41 Å². The molecular formula is C18H29N3O3. The first kappa shape index (κ1) is 20.0. The van der Waals surface area contributed by atoms with Crippen molar-refractivity contribution in [2.24, 2.45) is 5.41 Å². The van der Waals surface area contributed by atoms with Gasteiger partial charge in [-0.3, -0.25) is 9.59 Å². The number of ether oxygens (including phenoxy) is 1. The maximum absolute atomic E-state index is 12.0. The number of carbonyl (C=O) groups excluding carboxylic acids is 2. The van der Waals surface area contributed by atoms with Gasteiger partial charge >= 0.3 is 0 Å². The van der Waals surface area contributed by atoms with Gasteiger partial charge in [-0.25, -0.2) is 0 Å². The molecule has 0 heterocycles. The molecule has 1 aromatic carbocycles. The number of amides is 2. The van der Waals surface area contributed by atoms with Gasteiger partial charge in [0.15, 0.2) is 0 Å². The maximum Gasteiger partial charge on any atom is 0.239 e. The topological polar surface area (TPSA) is 70.7 Å². The van der Waals surface area contributed by atoms with Crippen LogP contribution in [0.4, 0.5) is 0 Å². The summed E-state index contributed by atoms with van der Waals surface area (Å²) in [6.07, 6.45) is 0. The molecule has 0 aromatic heterocycles. The van der Waals surface area contributed by atoms with Gasteiger partial charge in [-0.2, -0.15) is 0 Å². The minimum Gasteiger partial charge on any atom is -0.497 e. The highest BCUT2D eigenvalue weighted by Crippen LogP contribution is 2.20. The van der Waals surface area contributed by atoms with Crippen molar-refractivity contribution in [3.8, 4) is 5.75 Å². The second-order valence-corrected chi connectivity index (χ2v) is 6.99. The Morgan fingerprint density at radius 3 is 2.17 bits per heavy atom. The smallest absolute Gasteiger partial charge is 0.239 e. The molecule has 2 amide bonds. The van der Waals surface area contributed by atoms with Crippen LogP contribution < -0.4 is 15.4 Å². The molecule has 134 valence electrons. The van der Waals surface area contributed by atoms with Crippen LogP contribution in [0.5, 0.6) is 5.75 Å². The molecule has 6 heteroatoms. The fourth-order valence-corrected chi connectivity index (χ4v) is 2.12. The number of carbonyl (C=O) groups is 2. The van der Waals surface area contributed by atoms with E-state index in [0.717, 1.165) is 11.3 Å². The maximum atomic E-state index is 12.0. The Bertz CT molecular complexity index is 548. The van der Waals surface area contributed by atoms with Crippen molar-refractivity contribution < 1.29 is 14.3 Å². The van der Waals surface area contributed by atoms with Crippen molar-refractivity contribution >= 4 is 11.8 Å². The Morgan fingerprint density at radius 1 is 1.12 bits per heavy atom. The Balaban J connectivity index is 2.57. The van der Waals surface area contributed by atoms with Gasteiger partial charge in [0.2, 0.25) is 11.8 Å². The summed E-state index contributed by atoms with van der Waals surface area (Å²) in [6.45, 7) is 5.88. The van der Waals surface area contributed by atoms with Gasteiger partial charge in [-0.1, -0.05) is 32.9 Å². The number of nitrogens with one attached hydrogen (secondary N) is 2.